The van der Waals surface area contributed by atoms with E-state index >= 15 is 0 Å². The second-order valence-electron chi connectivity index (χ2n) is 5.20. The zero-order valence-electron chi connectivity index (χ0n) is 10.9. The molecule has 98 valence electrons. The zero-order chi connectivity index (χ0) is 12.4. The summed E-state index contributed by atoms with van der Waals surface area (Å²) < 4.78 is 11.3. The molecule has 1 aliphatic carbocycles. The Bertz CT molecular complexity index is 413. The molecule has 2 atom stereocenters. The average molecular weight is 247 g/mol. The van der Waals surface area contributed by atoms with E-state index < -0.39 is 0 Å². The third-order valence-electron chi connectivity index (χ3n) is 3.97. The highest BCUT2D eigenvalue weighted by atomic mass is 16.5. The molecule has 1 heterocycles. The third kappa shape index (κ3) is 2.38. The van der Waals surface area contributed by atoms with E-state index in [1.165, 1.54) is 30.4 Å². The van der Waals surface area contributed by atoms with Crippen LogP contribution in [0.15, 0.2) is 18.2 Å². The second kappa shape index (κ2) is 5.29. The summed E-state index contributed by atoms with van der Waals surface area (Å²) in [6, 6.07) is 7.06. The van der Waals surface area contributed by atoms with Gasteiger partial charge in [0.15, 0.2) is 0 Å². The van der Waals surface area contributed by atoms with Crippen molar-refractivity contribution < 1.29 is 9.47 Å². The average Bonchev–Trinajstić information content (AvgIpc) is 2.90. The molecule has 2 unspecified atom stereocenters. The van der Waals surface area contributed by atoms with E-state index in [-0.39, 0.29) is 6.10 Å². The van der Waals surface area contributed by atoms with Crippen molar-refractivity contribution in [1.82, 2.24) is 5.32 Å². The van der Waals surface area contributed by atoms with Gasteiger partial charge in [0.05, 0.1) is 13.2 Å². The van der Waals surface area contributed by atoms with Crippen molar-refractivity contribution in [2.45, 2.75) is 37.8 Å². The molecule has 1 aromatic carbocycles. The Morgan fingerprint density at radius 1 is 1.33 bits per heavy atom. The van der Waals surface area contributed by atoms with E-state index in [0.29, 0.717) is 6.04 Å². The topological polar surface area (TPSA) is 30.5 Å². The molecule has 3 rings (SSSR count). The minimum atomic E-state index is 0.242. The van der Waals surface area contributed by atoms with Gasteiger partial charge in [0.1, 0.15) is 11.9 Å². The van der Waals surface area contributed by atoms with E-state index in [4.69, 9.17) is 9.47 Å². The van der Waals surface area contributed by atoms with Crippen molar-refractivity contribution in [2.75, 3.05) is 20.3 Å². The molecule has 0 radical (unpaired) electrons. The van der Waals surface area contributed by atoms with Crippen LogP contribution in [0.2, 0.25) is 0 Å². The minimum Gasteiger partial charge on any atom is -0.488 e. The first-order chi connectivity index (χ1) is 8.86. The zero-order valence-corrected chi connectivity index (χ0v) is 10.9. The second-order valence-corrected chi connectivity index (χ2v) is 5.20. The van der Waals surface area contributed by atoms with Gasteiger partial charge in [-0.2, -0.15) is 0 Å². The van der Waals surface area contributed by atoms with Crippen molar-refractivity contribution in [2.24, 2.45) is 0 Å². The number of fused-ring (bicyclic) bond motifs is 1. The van der Waals surface area contributed by atoms with Gasteiger partial charge in [0.25, 0.3) is 0 Å². The molecule has 2 aliphatic rings. The van der Waals surface area contributed by atoms with Gasteiger partial charge in [0, 0.05) is 12.5 Å². The SMILES string of the molecule is CNC1CCCc2cc(OC3CCOC3)ccc21. The molecule has 0 saturated carbocycles. The highest BCUT2D eigenvalue weighted by Gasteiger charge is 2.21. The summed E-state index contributed by atoms with van der Waals surface area (Å²) in [5, 5.41) is 3.39. The number of rotatable bonds is 3. The van der Waals surface area contributed by atoms with Crippen molar-refractivity contribution in [3.63, 3.8) is 0 Å². The van der Waals surface area contributed by atoms with Gasteiger partial charge in [-0.1, -0.05) is 6.07 Å². The Morgan fingerprint density at radius 2 is 2.28 bits per heavy atom. The van der Waals surface area contributed by atoms with Crippen LogP contribution in [-0.4, -0.2) is 26.4 Å². The molecule has 3 heteroatoms. The molecule has 1 N–H and O–H groups in total. The molecule has 0 aromatic heterocycles. The lowest BCUT2D eigenvalue weighted by atomic mass is 9.87. The van der Waals surface area contributed by atoms with Crippen molar-refractivity contribution >= 4 is 0 Å². The molecule has 0 spiro atoms. The van der Waals surface area contributed by atoms with Gasteiger partial charge in [-0.3, -0.25) is 0 Å². The van der Waals surface area contributed by atoms with Crippen LogP contribution in [0.25, 0.3) is 0 Å². The number of benzene rings is 1. The van der Waals surface area contributed by atoms with Gasteiger partial charge in [0.2, 0.25) is 0 Å². The summed E-state index contributed by atoms with van der Waals surface area (Å²) in [6.07, 6.45) is 4.92. The predicted molar refractivity (Wildman–Crippen MR) is 71.0 cm³/mol. The molecule has 3 nitrogen and oxygen atoms in total. The van der Waals surface area contributed by atoms with Gasteiger partial charge < -0.3 is 14.8 Å². The van der Waals surface area contributed by atoms with Crippen LogP contribution >= 0.6 is 0 Å². The van der Waals surface area contributed by atoms with Crippen molar-refractivity contribution in [3.05, 3.63) is 29.3 Å². The number of ether oxygens (including phenoxy) is 2. The van der Waals surface area contributed by atoms with E-state index in [9.17, 15) is 0 Å². The fraction of sp³-hybridized carbons (Fsp3) is 0.600. The summed E-state index contributed by atoms with van der Waals surface area (Å²) in [4.78, 5) is 0. The molecule has 1 fully saturated rings. The molecule has 1 saturated heterocycles. The normalized spacial score (nSPS) is 26.9. The maximum absolute atomic E-state index is 5.96. The van der Waals surface area contributed by atoms with Crippen LogP contribution < -0.4 is 10.1 Å². The highest BCUT2D eigenvalue weighted by Crippen LogP contribution is 2.32. The summed E-state index contributed by atoms with van der Waals surface area (Å²) in [5.74, 6) is 1.00. The van der Waals surface area contributed by atoms with Crippen LogP contribution in [0.5, 0.6) is 5.75 Å². The summed E-state index contributed by atoms with van der Waals surface area (Å²) >= 11 is 0. The monoisotopic (exact) mass is 247 g/mol. The van der Waals surface area contributed by atoms with Crippen LogP contribution in [-0.2, 0) is 11.2 Å². The Morgan fingerprint density at radius 3 is 3.06 bits per heavy atom. The van der Waals surface area contributed by atoms with Crippen LogP contribution in [0.3, 0.4) is 0 Å². The predicted octanol–water partition coefficient (Wildman–Crippen LogP) is 2.45. The molecular weight excluding hydrogens is 226 g/mol. The Balaban J connectivity index is 1.77. The lowest BCUT2D eigenvalue weighted by Gasteiger charge is -2.26. The first-order valence-corrected chi connectivity index (χ1v) is 6.91. The molecular formula is C15H21NO2. The van der Waals surface area contributed by atoms with Crippen molar-refractivity contribution in [1.29, 1.82) is 0 Å². The quantitative estimate of drug-likeness (QED) is 0.890. The molecule has 1 aliphatic heterocycles. The summed E-state index contributed by atoms with van der Waals surface area (Å²) in [6.45, 7) is 1.56. The van der Waals surface area contributed by atoms with E-state index in [2.05, 4.69) is 23.5 Å². The fourth-order valence-electron chi connectivity index (χ4n) is 2.96. The highest BCUT2D eigenvalue weighted by molar-refractivity contribution is 5.39. The van der Waals surface area contributed by atoms with Gasteiger partial charge in [-0.05, 0) is 49.6 Å². The lowest BCUT2D eigenvalue weighted by Crippen LogP contribution is -2.22. The summed E-state index contributed by atoms with van der Waals surface area (Å²) in [7, 11) is 2.04. The van der Waals surface area contributed by atoms with E-state index in [0.717, 1.165) is 25.4 Å². The lowest BCUT2D eigenvalue weighted by molar-refractivity contribution is 0.141. The maximum atomic E-state index is 5.96. The number of hydrogen-bond acceptors (Lipinski definition) is 3. The Hall–Kier alpha value is -1.06. The Labute approximate surface area is 108 Å². The molecule has 0 bridgehead atoms. The van der Waals surface area contributed by atoms with Crippen molar-refractivity contribution in [3.8, 4) is 5.75 Å². The Kier molecular flexibility index (Phi) is 3.52. The minimum absolute atomic E-state index is 0.242. The van der Waals surface area contributed by atoms with Gasteiger partial charge in [-0.25, -0.2) is 0 Å². The van der Waals surface area contributed by atoms with E-state index in [1.807, 2.05) is 7.05 Å². The van der Waals surface area contributed by atoms with Gasteiger partial charge >= 0.3 is 0 Å². The van der Waals surface area contributed by atoms with Crippen LogP contribution in [0.4, 0.5) is 0 Å². The largest absolute Gasteiger partial charge is 0.488 e. The standard InChI is InChI=1S/C15H21NO2/c1-16-15-4-2-3-11-9-12(5-6-14(11)15)18-13-7-8-17-10-13/h5-6,9,13,15-16H,2-4,7-8,10H2,1H3. The van der Waals surface area contributed by atoms with Crippen LogP contribution in [0.1, 0.15) is 36.4 Å². The molecule has 0 amide bonds. The maximum Gasteiger partial charge on any atom is 0.124 e. The van der Waals surface area contributed by atoms with E-state index in [1.54, 1.807) is 0 Å². The smallest absolute Gasteiger partial charge is 0.124 e. The summed E-state index contributed by atoms with van der Waals surface area (Å²) in [5.41, 5.74) is 2.88. The fourth-order valence-corrected chi connectivity index (χ4v) is 2.96. The first-order valence-electron chi connectivity index (χ1n) is 6.91. The molecule has 18 heavy (non-hydrogen) atoms. The van der Waals surface area contributed by atoms with Gasteiger partial charge in [-0.15, -0.1) is 0 Å². The number of nitrogens with one attached hydrogen (secondary N) is 1. The first kappa shape index (κ1) is 12.0. The molecule has 1 aromatic rings. The number of hydrogen-bond donors (Lipinski definition) is 1. The third-order valence-corrected chi connectivity index (χ3v) is 3.97. The van der Waals surface area contributed by atoms with Crippen LogP contribution in [0, 0.1) is 0 Å². The number of aryl methyl sites for hydroxylation is 1.